The Morgan fingerprint density at radius 3 is 2.78 bits per heavy atom. The second-order valence-electron chi connectivity index (χ2n) is 5.98. The number of hydrogen-bond acceptors (Lipinski definition) is 4. The lowest BCUT2D eigenvalue weighted by molar-refractivity contribution is 0.0817. The molecule has 1 aliphatic carbocycles. The highest BCUT2D eigenvalue weighted by molar-refractivity contribution is 5.99. The predicted molar refractivity (Wildman–Crippen MR) is 85.5 cm³/mol. The molecule has 0 amide bonds. The van der Waals surface area contributed by atoms with Gasteiger partial charge in [0.2, 0.25) is 12.6 Å². The van der Waals surface area contributed by atoms with Gasteiger partial charge < -0.3 is 14.2 Å². The zero-order valence-corrected chi connectivity index (χ0v) is 13.0. The summed E-state index contributed by atoms with van der Waals surface area (Å²) in [7, 11) is 0. The van der Waals surface area contributed by atoms with E-state index < -0.39 is 6.10 Å². The number of Topliss-reactive ketones (excluding diaryl/α,β-unsaturated/α-hetero) is 1. The molecule has 0 fully saturated rings. The Balaban J connectivity index is 1.50. The molecule has 0 N–H and O–H groups in total. The number of ether oxygens (including phenoxy) is 3. The zero-order chi connectivity index (χ0) is 15.8. The van der Waals surface area contributed by atoms with Gasteiger partial charge in [-0.25, -0.2) is 0 Å². The molecule has 4 nitrogen and oxygen atoms in total. The third kappa shape index (κ3) is 2.65. The fourth-order valence-corrected chi connectivity index (χ4v) is 3.17. The van der Waals surface area contributed by atoms with Crippen LogP contribution >= 0.6 is 0 Å². The van der Waals surface area contributed by atoms with E-state index in [0.717, 1.165) is 18.4 Å². The standard InChI is InChI=1S/C19H18O4/c1-12(23-16-7-8-17-18(10-16)22-11-21-17)19(20)15-6-5-13-3-2-4-14(13)9-15/h5-10,12H,2-4,11H2,1H3/t12-/m1/s1. The maximum Gasteiger partial charge on any atom is 0.231 e. The number of rotatable bonds is 4. The lowest BCUT2D eigenvalue weighted by Crippen LogP contribution is -2.24. The summed E-state index contributed by atoms with van der Waals surface area (Å²) in [5.41, 5.74) is 3.39. The van der Waals surface area contributed by atoms with Crippen LogP contribution in [-0.4, -0.2) is 18.7 Å². The molecule has 1 heterocycles. The minimum absolute atomic E-state index is 0.00244. The molecule has 1 aliphatic heterocycles. The fourth-order valence-electron chi connectivity index (χ4n) is 3.17. The van der Waals surface area contributed by atoms with Gasteiger partial charge in [-0.1, -0.05) is 12.1 Å². The summed E-state index contributed by atoms with van der Waals surface area (Å²) in [4.78, 5) is 12.6. The van der Waals surface area contributed by atoms with Crippen LogP contribution in [0.25, 0.3) is 0 Å². The Bertz CT molecular complexity index is 766. The highest BCUT2D eigenvalue weighted by atomic mass is 16.7. The molecule has 2 aliphatic rings. The molecule has 4 heteroatoms. The molecule has 0 unspecified atom stereocenters. The minimum Gasteiger partial charge on any atom is -0.482 e. The first kappa shape index (κ1) is 14.1. The summed E-state index contributed by atoms with van der Waals surface area (Å²) in [6.07, 6.45) is 2.81. The Morgan fingerprint density at radius 2 is 1.87 bits per heavy atom. The van der Waals surface area contributed by atoms with Crippen LogP contribution in [0.3, 0.4) is 0 Å². The number of ketones is 1. The average Bonchev–Trinajstić information content (AvgIpc) is 3.21. The van der Waals surface area contributed by atoms with Crippen molar-refractivity contribution >= 4 is 5.78 Å². The molecular formula is C19H18O4. The highest BCUT2D eigenvalue weighted by Crippen LogP contribution is 2.35. The Kier molecular flexibility index (Phi) is 3.45. The number of aryl methyl sites for hydroxylation is 2. The molecule has 0 bridgehead atoms. The number of carbonyl (C=O) groups is 1. The third-order valence-corrected chi connectivity index (χ3v) is 4.41. The zero-order valence-electron chi connectivity index (χ0n) is 13.0. The van der Waals surface area contributed by atoms with Crippen LogP contribution in [0.15, 0.2) is 36.4 Å². The van der Waals surface area contributed by atoms with Crippen LogP contribution in [0.1, 0.15) is 34.8 Å². The molecule has 2 aromatic carbocycles. The second-order valence-corrected chi connectivity index (χ2v) is 5.98. The van der Waals surface area contributed by atoms with Crippen LogP contribution in [0.4, 0.5) is 0 Å². The van der Waals surface area contributed by atoms with Gasteiger partial charge in [0.25, 0.3) is 0 Å². The van der Waals surface area contributed by atoms with E-state index in [1.165, 1.54) is 17.5 Å². The van der Waals surface area contributed by atoms with Crippen molar-refractivity contribution < 1.29 is 19.0 Å². The van der Waals surface area contributed by atoms with E-state index in [0.29, 0.717) is 17.2 Å². The molecule has 1 atom stereocenters. The highest BCUT2D eigenvalue weighted by Gasteiger charge is 2.21. The van der Waals surface area contributed by atoms with Crippen molar-refractivity contribution in [3.63, 3.8) is 0 Å². The first-order valence-electron chi connectivity index (χ1n) is 7.93. The number of carbonyl (C=O) groups excluding carboxylic acids is 1. The normalized spacial score (nSPS) is 16.0. The van der Waals surface area contributed by atoms with E-state index in [4.69, 9.17) is 14.2 Å². The second kappa shape index (κ2) is 5.61. The van der Waals surface area contributed by atoms with Gasteiger partial charge in [0.05, 0.1) is 0 Å². The Hall–Kier alpha value is -2.49. The van der Waals surface area contributed by atoms with Crippen molar-refractivity contribution in [1.82, 2.24) is 0 Å². The van der Waals surface area contributed by atoms with E-state index in [2.05, 4.69) is 6.07 Å². The fraction of sp³-hybridized carbons (Fsp3) is 0.316. The van der Waals surface area contributed by atoms with Gasteiger partial charge in [0.15, 0.2) is 17.6 Å². The summed E-state index contributed by atoms with van der Waals surface area (Å²) in [5.74, 6) is 1.96. The van der Waals surface area contributed by atoms with Gasteiger partial charge in [-0.2, -0.15) is 0 Å². The SMILES string of the molecule is C[C@@H](Oc1ccc2c(c1)OCO2)C(=O)c1ccc2c(c1)CCC2. The molecular weight excluding hydrogens is 292 g/mol. The quantitative estimate of drug-likeness (QED) is 0.810. The first-order valence-corrected chi connectivity index (χ1v) is 7.93. The Morgan fingerprint density at radius 1 is 1.04 bits per heavy atom. The first-order chi connectivity index (χ1) is 11.2. The maximum absolute atomic E-state index is 12.6. The van der Waals surface area contributed by atoms with E-state index in [9.17, 15) is 4.79 Å². The van der Waals surface area contributed by atoms with Gasteiger partial charge in [-0.15, -0.1) is 0 Å². The van der Waals surface area contributed by atoms with Crippen LogP contribution in [0, 0.1) is 0 Å². The molecule has 0 saturated carbocycles. The molecule has 0 aromatic heterocycles. The summed E-state index contributed by atoms with van der Waals surface area (Å²) >= 11 is 0. The largest absolute Gasteiger partial charge is 0.482 e. The van der Waals surface area contributed by atoms with Gasteiger partial charge >= 0.3 is 0 Å². The minimum atomic E-state index is -0.546. The lowest BCUT2D eigenvalue weighted by Gasteiger charge is -2.14. The van der Waals surface area contributed by atoms with Gasteiger partial charge in [0, 0.05) is 11.6 Å². The van der Waals surface area contributed by atoms with E-state index in [1.54, 1.807) is 25.1 Å². The van der Waals surface area contributed by atoms with Crippen LogP contribution < -0.4 is 14.2 Å². The third-order valence-electron chi connectivity index (χ3n) is 4.41. The van der Waals surface area contributed by atoms with Crippen LogP contribution in [0.2, 0.25) is 0 Å². The average molecular weight is 310 g/mol. The number of fused-ring (bicyclic) bond motifs is 2. The smallest absolute Gasteiger partial charge is 0.231 e. The van der Waals surface area contributed by atoms with Crippen molar-refractivity contribution in [3.8, 4) is 17.2 Å². The molecule has 23 heavy (non-hydrogen) atoms. The van der Waals surface area contributed by atoms with Crippen LogP contribution in [-0.2, 0) is 12.8 Å². The van der Waals surface area contributed by atoms with E-state index >= 15 is 0 Å². The van der Waals surface area contributed by atoms with Gasteiger partial charge in [-0.3, -0.25) is 4.79 Å². The molecule has 118 valence electrons. The van der Waals surface area contributed by atoms with Gasteiger partial charge in [-0.05, 0) is 55.5 Å². The van der Waals surface area contributed by atoms with Crippen molar-refractivity contribution in [2.75, 3.05) is 6.79 Å². The van der Waals surface area contributed by atoms with Crippen molar-refractivity contribution in [2.24, 2.45) is 0 Å². The van der Waals surface area contributed by atoms with E-state index in [1.807, 2.05) is 12.1 Å². The van der Waals surface area contributed by atoms with Crippen molar-refractivity contribution in [1.29, 1.82) is 0 Å². The summed E-state index contributed by atoms with van der Waals surface area (Å²) in [6, 6.07) is 11.3. The molecule has 4 rings (SSSR count). The van der Waals surface area contributed by atoms with E-state index in [-0.39, 0.29) is 12.6 Å². The number of benzene rings is 2. The molecule has 0 spiro atoms. The van der Waals surface area contributed by atoms with Crippen LogP contribution in [0.5, 0.6) is 17.2 Å². The van der Waals surface area contributed by atoms with Crippen molar-refractivity contribution in [3.05, 3.63) is 53.1 Å². The van der Waals surface area contributed by atoms with Crippen molar-refractivity contribution in [2.45, 2.75) is 32.3 Å². The molecule has 0 radical (unpaired) electrons. The Labute approximate surface area is 135 Å². The monoisotopic (exact) mass is 310 g/mol. The summed E-state index contributed by atoms with van der Waals surface area (Å²) in [6.45, 7) is 2.00. The summed E-state index contributed by atoms with van der Waals surface area (Å²) in [5, 5.41) is 0. The van der Waals surface area contributed by atoms with Gasteiger partial charge in [0.1, 0.15) is 5.75 Å². The predicted octanol–water partition coefficient (Wildman–Crippen LogP) is 3.55. The topological polar surface area (TPSA) is 44.8 Å². The number of hydrogen-bond donors (Lipinski definition) is 0. The maximum atomic E-state index is 12.6. The summed E-state index contributed by atoms with van der Waals surface area (Å²) < 4.78 is 16.4. The molecule has 0 saturated heterocycles. The molecule has 2 aromatic rings. The lowest BCUT2D eigenvalue weighted by atomic mass is 10.0.